The molecule has 1 heterocycles. The third-order valence-electron chi connectivity index (χ3n) is 0.755. The lowest BCUT2D eigenvalue weighted by molar-refractivity contribution is 0.239. The summed E-state index contributed by atoms with van der Waals surface area (Å²) >= 11 is 6.15. The zero-order chi connectivity index (χ0) is 7.56. The SMILES string of the molecule is CC(C)Oc1n[nH]c(=S)s1. The van der Waals surface area contributed by atoms with Crippen LogP contribution in [0.3, 0.4) is 0 Å². The summed E-state index contributed by atoms with van der Waals surface area (Å²) in [6.07, 6.45) is 0.161. The standard InChI is InChI=1S/C5H8N2OS2/c1-3(2)8-4-6-7-5(9)10-4/h3H,1-2H3,(H,7,9). The normalized spacial score (nSPS) is 10.3. The zero-order valence-electron chi connectivity index (χ0n) is 5.75. The first kappa shape index (κ1) is 7.68. The number of nitrogens with one attached hydrogen (secondary N) is 1. The van der Waals surface area contributed by atoms with Crippen LogP contribution in [0.4, 0.5) is 0 Å². The van der Waals surface area contributed by atoms with Crippen LogP contribution in [0.2, 0.25) is 0 Å². The molecule has 10 heavy (non-hydrogen) atoms. The molecule has 0 aromatic carbocycles. The number of nitrogens with zero attached hydrogens (tertiary/aromatic N) is 1. The van der Waals surface area contributed by atoms with Gasteiger partial charge in [-0.1, -0.05) is 0 Å². The first-order valence-corrected chi connectivity index (χ1v) is 4.13. The van der Waals surface area contributed by atoms with E-state index in [2.05, 4.69) is 10.2 Å². The second kappa shape index (κ2) is 3.12. The monoisotopic (exact) mass is 176 g/mol. The Hall–Kier alpha value is -0.420. The van der Waals surface area contributed by atoms with E-state index >= 15 is 0 Å². The predicted molar refractivity (Wildman–Crippen MR) is 43.1 cm³/mol. The summed E-state index contributed by atoms with van der Waals surface area (Å²) in [5, 5.41) is 7.07. The van der Waals surface area contributed by atoms with E-state index in [1.807, 2.05) is 13.8 Å². The van der Waals surface area contributed by atoms with Crippen molar-refractivity contribution in [2.45, 2.75) is 20.0 Å². The Morgan fingerprint density at radius 1 is 1.70 bits per heavy atom. The maximum atomic E-state index is 5.24. The number of hydrogen-bond donors (Lipinski definition) is 1. The minimum Gasteiger partial charge on any atom is -0.466 e. The van der Waals surface area contributed by atoms with Crippen molar-refractivity contribution in [3.05, 3.63) is 3.95 Å². The van der Waals surface area contributed by atoms with E-state index in [0.717, 1.165) is 0 Å². The van der Waals surface area contributed by atoms with Crippen LogP contribution in [0.5, 0.6) is 5.19 Å². The molecule has 1 aromatic heterocycles. The molecule has 1 aromatic rings. The van der Waals surface area contributed by atoms with Crippen LogP contribution in [0.15, 0.2) is 0 Å². The van der Waals surface area contributed by atoms with Gasteiger partial charge in [-0.3, -0.25) is 5.10 Å². The van der Waals surface area contributed by atoms with Gasteiger partial charge in [-0.15, -0.1) is 5.10 Å². The molecule has 0 aliphatic carbocycles. The summed E-state index contributed by atoms with van der Waals surface area (Å²) in [4.78, 5) is 0. The molecular weight excluding hydrogens is 168 g/mol. The third-order valence-corrected chi connectivity index (χ3v) is 1.74. The van der Waals surface area contributed by atoms with Crippen molar-refractivity contribution >= 4 is 23.6 Å². The highest BCUT2D eigenvalue weighted by atomic mass is 32.1. The summed E-state index contributed by atoms with van der Waals surface area (Å²) in [6, 6.07) is 0. The first-order valence-electron chi connectivity index (χ1n) is 2.90. The van der Waals surface area contributed by atoms with Crippen molar-refractivity contribution in [2.24, 2.45) is 0 Å². The molecule has 3 nitrogen and oxygen atoms in total. The van der Waals surface area contributed by atoms with Crippen LogP contribution in [0.1, 0.15) is 13.8 Å². The van der Waals surface area contributed by atoms with E-state index in [4.69, 9.17) is 17.0 Å². The third kappa shape index (κ3) is 2.07. The lowest BCUT2D eigenvalue weighted by Gasteiger charge is -2.02. The summed E-state index contributed by atoms with van der Waals surface area (Å²) in [5.41, 5.74) is 0. The number of hydrogen-bond acceptors (Lipinski definition) is 4. The quantitative estimate of drug-likeness (QED) is 0.700. The fourth-order valence-electron chi connectivity index (χ4n) is 0.468. The maximum Gasteiger partial charge on any atom is 0.293 e. The Labute approximate surface area is 68.0 Å². The highest BCUT2D eigenvalue weighted by Gasteiger charge is 1.99. The highest BCUT2D eigenvalue weighted by molar-refractivity contribution is 7.73. The van der Waals surface area contributed by atoms with Crippen molar-refractivity contribution < 1.29 is 4.74 Å². The number of ether oxygens (including phenoxy) is 1. The average molecular weight is 176 g/mol. The number of aromatic nitrogens is 2. The smallest absolute Gasteiger partial charge is 0.293 e. The van der Waals surface area contributed by atoms with Gasteiger partial charge in [0.25, 0.3) is 5.19 Å². The van der Waals surface area contributed by atoms with E-state index in [9.17, 15) is 0 Å². The Morgan fingerprint density at radius 3 is 2.80 bits per heavy atom. The van der Waals surface area contributed by atoms with Gasteiger partial charge in [0.05, 0.1) is 6.10 Å². The average Bonchev–Trinajstić information content (AvgIpc) is 2.13. The van der Waals surface area contributed by atoms with E-state index in [-0.39, 0.29) is 6.10 Å². The lowest BCUT2D eigenvalue weighted by Crippen LogP contribution is -2.04. The molecule has 0 atom stereocenters. The van der Waals surface area contributed by atoms with Crippen molar-refractivity contribution in [3.8, 4) is 5.19 Å². The van der Waals surface area contributed by atoms with Gasteiger partial charge in [-0.25, -0.2) is 0 Å². The van der Waals surface area contributed by atoms with Crippen LogP contribution in [0, 0.1) is 3.95 Å². The lowest BCUT2D eigenvalue weighted by atomic mass is 10.5. The molecule has 0 unspecified atom stereocenters. The van der Waals surface area contributed by atoms with Crippen LogP contribution in [-0.4, -0.2) is 16.3 Å². The maximum absolute atomic E-state index is 5.24. The van der Waals surface area contributed by atoms with Gasteiger partial charge in [0, 0.05) is 0 Å². The predicted octanol–water partition coefficient (Wildman–Crippen LogP) is 1.99. The molecule has 1 rings (SSSR count). The zero-order valence-corrected chi connectivity index (χ0v) is 7.38. The Morgan fingerprint density at radius 2 is 2.40 bits per heavy atom. The van der Waals surface area contributed by atoms with Crippen molar-refractivity contribution in [1.82, 2.24) is 10.2 Å². The van der Waals surface area contributed by atoms with Gasteiger partial charge in [0.2, 0.25) is 0 Å². The first-order chi connectivity index (χ1) is 4.68. The molecule has 0 aliphatic rings. The molecule has 5 heteroatoms. The summed E-state index contributed by atoms with van der Waals surface area (Å²) < 4.78 is 5.89. The number of aromatic amines is 1. The summed E-state index contributed by atoms with van der Waals surface area (Å²) in [5.74, 6) is 0. The van der Waals surface area contributed by atoms with Crippen LogP contribution in [0.25, 0.3) is 0 Å². The van der Waals surface area contributed by atoms with Gasteiger partial charge in [0.1, 0.15) is 0 Å². The van der Waals surface area contributed by atoms with Crippen molar-refractivity contribution in [1.29, 1.82) is 0 Å². The Bertz CT molecular complexity index is 252. The van der Waals surface area contributed by atoms with Crippen LogP contribution < -0.4 is 4.74 Å². The van der Waals surface area contributed by atoms with E-state index in [0.29, 0.717) is 9.15 Å². The van der Waals surface area contributed by atoms with Crippen molar-refractivity contribution in [3.63, 3.8) is 0 Å². The minimum absolute atomic E-state index is 0.161. The Kier molecular flexibility index (Phi) is 2.39. The van der Waals surface area contributed by atoms with E-state index in [1.54, 1.807) is 0 Å². The summed E-state index contributed by atoms with van der Waals surface area (Å²) in [7, 11) is 0. The van der Waals surface area contributed by atoms with Crippen LogP contribution in [-0.2, 0) is 0 Å². The van der Waals surface area contributed by atoms with Gasteiger partial charge in [0.15, 0.2) is 3.95 Å². The molecule has 0 saturated heterocycles. The fraction of sp³-hybridized carbons (Fsp3) is 0.600. The molecule has 0 aliphatic heterocycles. The molecule has 0 amide bonds. The van der Waals surface area contributed by atoms with Gasteiger partial charge in [-0.2, -0.15) is 0 Å². The molecule has 0 spiro atoms. The van der Waals surface area contributed by atoms with Crippen molar-refractivity contribution in [2.75, 3.05) is 0 Å². The molecule has 56 valence electrons. The highest BCUT2D eigenvalue weighted by Crippen LogP contribution is 2.14. The topological polar surface area (TPSA) is 37.9 Å². The minimum atomic E-state index is 0.161. The van der Waals surface area contributed by atoms with E-state index < -0.39 is 0 Å². The molecule has 0 bridgehead atoms. The number of H-pyrrole nitrogens is 1. The van der Waals surface area contributed by atoms with Gasteiger partial charge < -0.3 is 4.74 Å². The number of rotatable bonds is 2. The largest absolute Gasteiger partial charge is 0.466 e. The molecule has 0 saturated carbocycles. The molecular formula is C5H8N2OS2. The van der Waals surface area contributed by atoms with Gasteiger partial charge in [-0.05, 0) is 37.4 Å². The Balaban J connectivity index is 2.67. The van der Waals surface area contributed by atoms with Crippen LogP contribution >= 0.6 is 23.6 Å². The molecule has 0 fully saturated rings. The van der Waals surface area contributed by atoms with E-state index in [1.165, 1.54) is 11.3 Å². The molecule has 1 N–H and O–H groups in total. The second-order valence-electron chi connectivity index (χ2n) is 2.05. The second-order valence-corrected chi connectivity index (χ2v) is 3.67. The van der Waals surface area contributed by atoms with Gasteiger partial charge >= 0.3 is 0 Å². The molecule has 0 radical (unpaired) electrons. The fourth-order valence-corrected chi connectivity index (χ4v) is 1.31. The summed E-state index contributed by atoms with van der Waals surface area (Å²) in [6.45, 7) is 3.90.